The van der Waals surface area contributed by atoms with Crippen LogP contribution in [0, 0.1) is 0 Å². The van der Waals surface area contributed by atoms with E-state index in [4.69, 9.17) is 0 Å². The van der Waals surface area contributed by atoms with Gasteiger partial charge in [-0.1, -0.05) is 31.5 Å². The third-order valence-electron chi connectivity index (χ3n) is 3.32. The molecule has 0 spiro atoms. The molecule has 0 aliphatic carbocycles. The number of hydrogen-bond acceptors (Lipinski definition) is 2. The summed E-state index contributed by atoms with van der Waals surface area (Å²) in [6.45, 7) is 5.06. The van der Waals surface area contributed by atoms with Gasteiger partial charge in [0.15, 0.2) is 0 Å². The summed E-state index contributed by atoms with van der Waals surface area (Å²) in [5.74, 6) is -0.188. The molecule has 0 radical (unpaired) electrons. The maximum atomic E-state index is 12.5. The minimum absolute atomic E-state index is 0.0854. The van der Waals surface area contributed by atoms with Crippen LogP contribution in [-0.2, 0) is 6.54 Å². The lowest BCUT2D eigenvalue weighted by molar-refractivity contribution is 0.0945. The highest BCUT2D eigenvalue weighted by Crippen LogP contribution is 2.13. The summed E-state index contributed by atoms with van der Waals surface area (Å²) in [6.07, 6.45) is 1.86. The number of rotatable bonds is 5. The first-order valence-corrected chi connectivity index (χ1v) is 7.09. The number of benzene rings is 1. The van der Waals surface area contributed by atoms with Gasteiger partial charge in [0, 0.05) is 18.5 Å². The third-order valence-corrected chi connectivity index (χ3v) is 3.32. The van der Waals surface area contributed by atoms with Crippen molar-refractivity contribution in [1.82, 2.24) is 9.88 Å². The standard InChI is InChI=1S/C16H20N2O2/c1-3-5-10-18-14(15(19)17-4-2)11-12-8-6-7-9-13(12)16(18)20/h6-9,11H,3-5,10H2,1-2H3,(H,17,19). The summed E-state index contributed by atoms with van der Waals surface area (Å²) in [5.41, 5.74) is 0.363. The Morgan fingerprint density at radius 3 is 2.70 bits per heavy atom. The first-order valence-electron chi connectivity index (χ1n) is 7.09. The molecule has 1 heterocycles. The topological polar surface area (TPSA) is 51.1 Å². The van der Waals surface area contributed by atoms with Crippen molar-refractivity contribution in [3.8, 4) is 0 Å². The van der Waals surface area contributed by atoms with Crippen LogP contribution in [0.1, 0.15) is 37.2 Å². The molecule has 0 unspecified atom stereocenters. The Kier molecular flexibility index (Phi) is 4.56. The zero-order valence-electron chi connectivity index (χ0n) is 12.0. The van der Waals surface area contributed by atoms with Crippen LogP contribution in [0.3, 0.4) is 0 Å². The van der Waals surface area contributed by atoms with E-state index in [0.717, 1.165) is 18.2 Å². The number of carbonyl (C=O) groups is 1. The second kappa shape index (κ2) is 6.37. The highest BCUT2D eigenvalue weighted by Gasteiger charge is 2.14. The van der Waals surface area contributed by atoms with Crippen molar-refractivity contribution >= 4 is 16.7 Å². The van der Waals surface area contributed by atoms with Crippen LogP contribution in [0.5, 0.6) is 0 Å². The maximum Gasteiger partial charge on any atom is 0.268 e. The monoisotopic (exact) mass is 272 g/mol. The van der Waals surface area contributed by atoms with Gasteiger partial charge in [0.05, 0.1) is 0 Å². The Morgan fingerprint density at radius 1 is 1.25 bits per heavy atom. The Morgan fingerprint density at radius 2 is 2.00 bits per heavy atom. The first kappa shape index (κ1) is 14.3. The van der Waals surface area contributed by atoms with E-state index in [0.29, 0.717) is 24.2 Å². The highest BCUT2D eigenvalue weighted by atomic mass is 16.2. The van der Waals surface area contributed by atoms with Gasteiger partial charge in [-0.05, 0) is 30.9 Å². The van der Waals surface area contributed by atoms with Gasteiger partial charge in [0.2, 0.25) is 0 Å². The molecule has 1 aromatic heterocycles. The average Bonchev–Trinajstić information content (AvgIpc) is 2.46. The number of pyridine rings is 1. The predicted molar refractivity (Wildman–Crippen MR) is 81.1 cm³/mol. The molecule has 20 heavy (non-hydrogen) atoms. The van der Waals surface area contributed by atoms with Gasteiger partial charge in [-0.2, -0.15) is 0 Å². The number of carbonyl (C=O) groups excluding carboxylic acids is 1. The predicted octanol–water partition coefficient (Wildman–Crippen LogP) is 2.55. The van der Waals surface area contributed by atoms with Gasteiger partial charge in [-0.25, -0.2) is 0 Å². The molecule has 0 saturated carbocycles. The molecule has 2 aromatic rings. The van der Waals surface area contributed by atoms with Gasteiger partial charge in [0.25, 0.3) is 11.5 Å². The molecule has 0 aliphatic heterocycles. The maximum absolute atomic E-state index is 12.5. The van der Waals surface area contributed by atoms with E-state index in [2.05, 4.69) is 12.2 Å². The summed E-state index contributed by atoms with van der Waals surface area (Å²) in [5, 5.41) is 4.25. The molecule has 4 heteroatoms. The van der Waals surface area contributed by atoms with E-state index < -0.39 is 0 Å². The summed E-state index contributed by atoms with van der Waals surface area (Å²) >= 11 is 0. The molecule has 0 bridgehead atoms. The van der Waals surface area contributed by atoms with Crippen LogP contribution in [0.2, 0.25) is 0 Å². The number of aromatic nitrogens is 1. The average molecular weight is 272 g/mol. The smallest absolute Gasteiger partial charge is 0.268 e. The van der Waals surface area contributed by atoms with E-state index in [9.17, 15) is 9.59 Å². The molecule has 0 aliphatic rings. The Bertz CT molecular complexity index is 674. The SMILES string of the molecule is CCCCn1c(C(=O)NCC)cc2ccccc2c1=O. The Hall–Kier alpha value is -2.10. The van der Waals surface area contributed by atoms with Crippen molar-refractivity contribution in [2.24, 2.45) is 0 Å². The molecule has 2 rings (SSSR count). The summed E-state index contributed by atoms with van der Waals surface area (Å²) < 4.78 is 1.59. The third kappa shape index (κ3) is 2.74. The van der Waals surface area contributed by atoms with Crippen LogP contribution in [0.4, 0.5) is 0 Å². The van der Waals surface area contributed by atoms with E-state index in [1.54, 1.807) is 10.6 Å². The second-order valence-corrected chi connectivity index (χ2v) is 4.79. The second-order valence-electron chi connectivity index (χ2n) is 4.79. The number of nitrogens with zero attached hydrogens (tertiary/aromatic N) is 1. The number of unbranched alkanes of at least 4 members (excludes halogenated alkanes) is 1. The van der Waals surface area contributed by atoms with Crippen LogP contribution in [0.25, 0.3) is 10.8 Å². The first-order chi connectivity index (χ1) is 9.69. The van der Waals surface area contributed by atoms with Crippen molar-refractivity contribution in [2.75, 3.05) is 6.54 Å². The van der Waals surface area contributed by atoms with Gasteiger partial charge in [-0.3, -0.25) is 9.59 Å². The molecule has 0 saturated heterocycles. The van der Waals surface area contributed by atoms with Crippen LogP contribution < -0.4 is 10.9 Å². The van der Waals surface area contributed by atoms with Crippen molar-refractivity contribution < 1.29 is 4.79 Å². The minimum Gasteiger partial charge on any atom is -0.351 e. The fourth-order valence-electron chi connectivity index (χ4n) is 2.28. The lowest BCUT2D eigenvalue weighted by Gasteiger charge is -2.13. The highest BCUT2D eigenvalue weighted by molar-refractivity contribution is 5.96. The van der Waals surface area contributed by atoms with Gasteiger partial charge in [-0.15, -0.1) is 0 Å². The lowest BCUT2D eigenvalue weighted by atomic mass is 10.1. The normalized spacial score (nSPS) is 10.7. The Balaban J connectivity index is 2.63. The van der Waals surface area contributed by atoms with Gasteiger partial charge in [0.1, 0.15) is 5.69 Å². The number of hydrogen-bond donors (Lipinski definition) is 1. The van der Waals surface area contributed by atoms with Crippen molar-refractivity contribution in [2.45, 2.75) is 33.2 Å². The molecule has 4 nitrogen and oxygen atoms in total. The van der Waals surface area contributed by atoms with Crippen molar-refractivity contribution in [3.63, 3.8) is 0 Å². The minimum atomic E-state index is -0.188. The zero-order chi connectivity index (χ0) is 14.5. The van der Waals surface area contributed by atoms with E-state index in [-0.39, 0.29) is 11.5 Å². The number of amides is 1. The molecule has 0 fully saturated rings. The molecule has 1 aromatic carbocycles. The summed E-state index contributed by atoms with van der Waals surface area (Å²) in [6, 6.07) is 9.20. The fourth-order valence-corrected chi connectivity index (χ4v) is 2.28. The number of fused-ring (bicyclic) bond motifs is 1. The fraction of sp³-hybridized carbons (Fsp3) is 0.375. The largest absolute Gasteiger partial charge is 0.351 e. The molecule has 0 atom stereocenters. The summed E-state index contributed by atoms with van der Waals surface area (Å²) in [4.78, 5) is 24.7. The van der Waals surface area contributed by atoms with E-state index >= 15 is 0 Å². The van der Waals surface area contributed by atoms with Crippen LogP contribution in [0.15, 0.2) is 35.1 Å². The van der Waals surface area contributed by atoms with Crippen LogP contribution in [-0.4, -0.2) is 17.0 Å². The van der Waals surface area contributed by atoms with E-state index in [1.807, 2.05) is 31.2 Å². The number of nitrogens with one attached hydrogen (secondary N) is 1. The van der Waals surface area contributed by atoms with Crippen molar-refractivity contribution in [1.29, 1.82) is 0 Å². The van der Waals surface area contributed by atoms with Gasteiger partial charge < -0.3 is 9.88 Å². The van der Waals surface area contributed by atoms with Gasteiger partial charge >= 0.3 is 0 Å². The quantitative estimate of drug-likeness (QED) is 0.909. The van der Waals surface area contributed by atoms with E-state index in [1.165, 1.54) is 0 Å². The Labute approximate surface area is 118 Å². The molecule has 1 amide bonds. The van der Waals surface area contributed by atoms with Crippen LogP contribution >= 0.6 is 0 Å². The molecule has 106 valence electrons. The molecular formula is C16H20N2O2. The lowest BCUT2D eigenvalue weighted by Crippen LogP contribution is -2.32. The zero-order valence-corrected chi connectivity index (χ0v) is 12.0. The van der Waals surface area contributed by atoms with Crippen molar-refractivity contribution in [3.05, 3.63) is 46.4 Å². The summed E-state index contributed by atoms with van der Waals surface area (Å²) in [7, 11) is 0. The molecular weight excluding hydrogens is 252 g/mol. The molecule has 1 N–H and O–H groups in total.